The number of carbonyl (C=O) groups excluding carboxylic acids is 1. The number of aromatic nitrogens is 4. The van der Waals surface area contributed by atoms with Crippen molar-refractivity contribution in [2.75, 3.05) is 18.0 Å². The monoisotopic (exact) mass is 396 g/mol. The van der Waals surface area contributed by atoms with Gasteiger partial charge in [0.05, 0.1) is 11.9 Å². The first kappa shape index (κ1) is 18.6. The molecule has 8 heteroatoms. The van der Waals surface area contributed by atoms with Crippen molar-refractivity contribution in [1.29, 1.82) is 0 Å². The Balaban J connectivity index is 1.43. The zero-order valence-corrected chi connectivity index (χ0v) is 17.0. The average Bonchev–Trinajstić information content (AvgIpc) is 3.33. The van der Waals surface area contributed by atoms with Crippen LogP contribution in [0.3, 0.4) is 0 Å². The first-order valence-corrected chi connectivity index (χ1v) is 10.4. The number of aryl methyl sites for hydroxylation is 2. The Labute approximate surface area is 168 Å². The molecule has 1 N–H and O–H groups in total. The minimum atomic E-state index is -0.0959. The third kappa shape index (κ3) is 4.06. The van der Waals surface area contributed by atoms with Gasteiger partial charge in [0.15, 0.2) is 0 Å². The van der Waals surface area contributed by atoms with Crippen LogP contribution in [0.2, 0.25) is 0 Å². The summed E-state index contributed by atoms with van der Waals surface area (Å²) >= 11 is 1.40. The lowest BCUT2D eigenvalue weighted by atomic mass is 10.1. The molecular formula is C20H24N6OS. The molecular weight excluding hydrogens is 372 g/mol. The van der Waals surface area contributed by atoms with Crippen LogP contribution in [0.1, 0.15) is 40.2 Å². The molecule has 0 unspecified atom stereocenters. The van der Waals surface area contributed by atoms with Gasteiger partial charge in [0, 0.05) is 44.6 Å². The number of thiazole rings is 1. The summed E-state index contributed by atoms with van der Waals surface area (Å²) in [6.45, 7) is 4.45. The quantitative estimate of drug-likeness (QED) is 0.717. The molecule has 3 aromatic heterocycles. The summed E-state index contributed by atoms with van der Waals surface area (Å²) < 4.78 is 1.73. The normalized spacial score (nSPS) is 14.3. The summed E-state index contributed by atoms with van der Waals surface area (Å²) in [5.74, 6) is 0.903. The Morgan fingerprint density at radius 3 is 2.86 bits per heavy atom. The number of pyridine rings is 1. The van der Waals surface area contributed by atoms with Gasteiger partial charge < -0.3 is 10.2 Å². The summed E-state index contributed by atoms with van der Waals surface area (Å²) in [4.78, 5) is 24.7. The van der Waals surface area contributed by atoms with Crippen molar-refractivity contribution < 1.29 is 4.79 Å². The van der Waals surface area contributed by atoms with Crippen LogP contribution in [-0.4, -0.2) is 38.7 Å². The van der Waals surface area contributed by atoms with Crippen LogP contribution in [0, 0.1) is 6.92 Å². The predicted octanol–water partition coefficient (Wildman–Crippen LogP) is 3.17. The largest absolute Gasteiger partial charge is 0.357 e. The van der Waals surface area contributed by atoms with Crippen LogP contribution in [-0.2, 0) is 13.6 Å². The number of nitrogens with one attached hydrogen (secondary N) is 1. The Hall–Kier alpha value is -2.74. The summed E-state index contributed by atoms with van der Waals surface area (Å²) in [5, 5.41) is 8.01. The summed E-state index contributed by atoms with van der Waals surface area (Å²) in [7, 11) is 1.87. The second kappa shape index (κ2) is 8.10. The third-order valence-corrected chi connectivity index (χ3v) is 6.10. The number of piperidine rings is 1. The van der Waals surface area contributed by atoms with Gasteiger partial charge in [-0.2, -0.15) is 5.10 Å². The SMILES string of the molecule is Cc1nc(-c2cnn(C)c2)sc1C(=O)NCc1ccnc(N2CCCCC2)c1. The third-order valence-electron chi connectivity index (χ3n) is 4.90. The van der Waals surface area contributed by atoms with Crippen molar-refractivity contribution in [3.63, 3.8) is 0 Å². The van der Waals surface area contributed by atoms with Gasteiger partial charge in [0.2, 0.25) is 0 Å². The molecule has 4 heterocycles. The van der Waals surface area contributed by atoms with Gasteiger partial charge in [-0.1, -0.05) is 0 Å². The topological polar surface area (TPSA) is 75.9 Å². The number of amides is 1. The zero-order valence-electron chi connectivity index (χ0n) is 16.2. The van der Waals surface area contributed by atoms with Gasteiger partial charge in [0.1, 0.15) is 15.7 Å². The van der Waals surface area contributed by atoms with E-state index in [-0.39, 0.29) is 5.91 Å². The first-order chi connectivity index (χ1) is 13.6. The number of anilines is 1. The van der Waals surface area contributed by atoms with Crippen LogP contribution in [0.25, 0.3) is 10.6 Å². The van der Waals surface area contributed by atoms with Gasteiger partial charge >= 0.3 is 0 Å². The average molecular weight is 397 g/mol. The van der Waals surface area contributed by atoms with E-state index in [1.807, 2.05) is 32.4 Å². The summed E-state index contributed by atoms with van der Waals surface area (Å²) in [5.41, 5.74) is 2.72. The van der Waals surface area contributed by atoms with Crippen molar-refractivity contribution in [2.24, 2.45) is 7.05 Å². The highest BCUT2D eigenvalue weighted by molar-refractivity contribution is 7.17. The lowest BCUT2D eigenvalue weighted by molar-refractivity contribution is 0.0954. The van der Waals surface area contributed by atoms with Gasteiger partial charge in [-0.3, -0.25) is 9.48 Å². The maximum atomic E-state index is 12.7. The molecule has 3 aromatic rings. The van der Waals surface area contributed by atoms with Crippen molar-refractivity contribution >= 4 is 23.1 Å². The van der Waals surface area contributed by atoms with E-state index < -0.39 is 0 Å². The van der Waals surface area contributed by atoms with Crippen LogP contribution in [0.4, 0.5) is 5.82 Å². The lowest BCUT2D eigenvalue weighted by Crippen LogP contribution is -2.30. The van der Waals surface area contributed by atoms with Crippen LogP contribution >= 0.6 is 11.3 Å². The Kier molecular flexibility index (Phi) is 5.38. The molecule has 0 atom stereocenters. The molecule has 0 spiro atoms. The number of hydrogen-bond donors (Lipinski definition) is 1. The minimum Gasteiger partial charge on any atom is -0.357 e. The maximum Gasteiger partial charge on any atom is 0.263 e. The molecule has 1 aliphatic heterocycles. The highest BCUT2D eigenvalue weighted by Crippen LogP contribution is 2.27. The van der Waals surface area contributed by atoms with Crippen molar-refractivity contribution in [2.45, 2.75) is 32.7 Å². The first-order valence-electron chi connectivity index (χ1n) is 9.54. The molecule has 1 aliphatic rings. The molecule has 0 saturated carbocycles. The predicted molar refractivity (Wildman–Crippen MR) is 111 cm³/mol. The number of nitrogens with zero attached hydrogens (tertiary/aromatic N) is 5. The molecule has 1 amide bonds. The standard InChI is InChI=1S/C20H24N6OS/c1-14-18(28-20(24-14)16-12-23-25(2)13-16)19(27)22-11-15-6-7-21-17(10-15)26-8-4-3-5-9-26/h6-7,10,12-13H,3-5,8-9,11H2,1-2H3,(H,22,27). The van der Waals surface area contributed by atoms with E-state index in [4.69, 9.17) is 0 Å². The fraction of sp³-hybridized carbons (Fsp3) is 0.400. The molecule has 1 fully saturated rings. The van der Waals surface area contributed by atoms with E-state index in [1.165, 1.54) is 30.6 Å². The highest BCUT2D eigenvalue weighted by Gasteiger charge is 2.17. The molecule has 0 aromatic carbocycles. The molecule has 28 heavy (non-hydrogen) atoms. The van der Waals surface area contributed by atoms with Crippen LogP contribution < -0.4 is 10.2 Å². The fourth-order valence-corrected chi connectivity index (χ4v) is 4.35. The highest BCUT2D eigenvalue weighted by atomic mass is 32.1. The van der Waals surface area contributed by atoms with Gasteiger partial charge in [-0.15, -0.1) is 11.3 Å². The maximum absolute atomic E-state index is 12.7. The molecule has 4 rings (SSSR count). The van der Waals surface area contributed by atoms with E-state index in [0.29, 0.717) is 11.4 Å². The molecule has 1 saturated heterocycles. The van der Waals surface area contributed by atoms with Gasteiger partial charge in [-0.05, 0) is 43.9 Å². The van der Waals surface area contributed by atoms with Crippen molar-refractivity contribution in [3.8, 4) is 10.6 Å². The Bertz CT molecular complexity index is 973. The summed E-state index contributed by atoms with van der Waals surface area (Å²) in [6.07, 6.45) is 9.21. The lowest BCUT2D eigenvalue weighted by Gasteiger charge is -2.27. The van der Waals surface area contributed by atoms with Crippen molar-refractivity contribution in [1.82, 2.24) is 25.1 Å². The Morgan fingerprint density at radius 2 is 2.11 bits per heavy atom. The number of rotatable bonds is 5. The number of hydrogen-bond acceptors (Lipinski definition) is 6. The van der Waals surface area contributed by atoms with Crippen LogP contribution in [0.5, 0.6) is 0 Å². The molecule has 0 aliphatic carbocycles. The Morgan fingerprint density at radius 1 is 1.29 bits per heavy atom. The van der Waals surface area contributed by atoms with Crippen molar-refractivity contribution in [3.05, 3.63) is 46.9 Å². The second-order valence-electron chi connectivity index (χ2n) is 7.09. The fourth-order valence-electron chi connectivity index (χ4n) is 3.39. The van der Waals surface area contributed by atoms with Gasteiger partial charge in [0.25, 0.3) is 5.91 Å². The molecule has 7 nitrogen and oxygen atoms in total. The summed E-state index contributed by atoms with van der Waals surface area (Å²) in [6, 6.07) is 4.03. The molecule has 146 valence electrons. The van der Waals surface area contributed by atoms with Gasteiger partial charge in [-0.25, -0.2) is 9.97 Å². The van der Waals surface area contributed by atoms with E-state index >= 15 is 0 Å². The van der Waals surface area contributed by atoms with E-state index in [2.05, 4.69) is 31.3 Å². The zero-order chi connectivity index (χ0) is 19.5. The van der Waals surface area contributed by atoms with E-state index in [0.717, 1.165) is 40.7 Å². The molecule has 0 radical (unpaired) electrons. The van der Waals surface area contributed by atoms with E-state index in [1.54, 1.807) is 10.9 Å². The molecule has 0 bridgehead atoms. The smallest absolute Gasteiger partial charge is 0.263 e. The van der Waals surface area contributed by atoms with E-state index in [9.17, 15) is 4.79 Å². The number of carbonyl (C=O) groups is 1. The van der Waals surface area contributed by atoms with Crippen LogP contribution in [0.15, 0.2) is 30.7 Å². The second-order valence-corrected chi connectivity index (χ2v) is 8.09. The minimum absolute atomic E-state index is 0.0959.